The van der Waals surface area contributed by atoms with E-state index in [0.717, 1.165) is 12.0 Å². The molecule has 0 fully saturated rings. The summed E-state index contributed by atoms with van der Waals surface area (Å²) in [6.07, 6.45) is 0.818. The second-order valence-corrected chi connectivity index (χ2v) is 4.77. The molecule has 0 atom stereocenters. The van der Waals surface area contributed by atoms with Gasteiger partial charge in [0, 0.05) is 27.7 Å². The fourth-order valence-electron chi connectivity index (χ4n) is 1.74. The Kier molecular flexibility index (Phi) is 4.76. The van der Waals surface area contributed by atoms with Crippen molar-refractivity contribution < 1.29 is 5.11 Å². The molecule has 0 aliphatic carbocycles. The maximum atomic E-state index is 9.25. The van der Waals surface area contributed by atoms with E-state index < -0.39 is 0 Å². The van der Waals surface area contributed by atoms with Gasteiger partial charge in [0.25, 0.3) is 0 Å². The Hall–Kier alpha value is -2.57. The van der Waals surface area contributed by atoms with Gasteiger partial charge in [-0.25, -0.2) is 0 Å². The molecule has 1 heterocycles. The topological polar surface area (TPSA) is 86.2 Å². The third-order valence-electron chi connectivity index (χ3n) is 2.88. The molecule has 0 saturated heterocycles. The van der Waals surface area contributed by atoms with Crippen molar-refractivity contribution in [3.8, 4) is 5.75 Å². The molecular weight excluding hydrogens is 268 g/mol. The molecule has 3 N–H and O–H groups in total. The zero-order valence-corrected chi connectivity index (χ0v) is 12.5. The number of aromatic hydroxyl groups is 1. The van der Waals surface area contributed by atoms with Gasteiger partial charge in [-0.3, -0.25) is 0 Å². The summed E-state index contributed by atoms with van der Waals surface area (Å²) in [6, 6.07) is 7.16. The summed E-state index contributed by atoms with van der Waals surface area (Å²) in [5.74, 6) is 1.94. The van der Waals surface area contributed by atoms with E-state index in [1.807, 2.05) is 31.1 Å². The van der Waals surface area contributed by atoms with Crippen molar-refractivity contribution in [3.05, 3.63) is 29.8 Å². The molecule has 112 valence electrons. The van der Waals surface area contributed by atoms with Crippen LogP contribution < -0.4 is 15.5 Å². The average Bonchev–Trinajstić information content (AvgIpc) is 2.49. The van der Waals surface area contributed by atoms with Gasteiger partial charge in [-0.15, -0.1) is 0 Å². The molecule has 0 aliphatic rings. The minimum atomic E-state index is 0.276. The molecule has 1 aromatic heterocycles. The van der Waals surface area contributed by atoms with Crippen LogP contribution in [0.1, 0.15) is 5.56 Å². The van der Waals surface area contributed by atoms with Crippen LogP contribution in [-0.2, 0) is 6.42 Å². The van der Waals surface area contributed by atoms with Gasteiger partial charge in [0.2, 0.25) is 17.8 Å². The minimum Gasteiger partial charge on any atom is -0.508 e. The highest BCUT2D eigenvalue weighted by Gasteiger charge is 2.06. The summed E-state index contributed by atoms with van der Waals surface area (Å²) in [7, 11) is 5.54. The fraction of sp³-hybridized carbons (Fsp3) is 0.357. The molecular formula is C14H20N6O. The predicted octanol–water partition coefficient (Wildman–Crippen LogP) is 1.34. The first-order chi connectivity index (χ1) is 10.1. The molecule has 2 rings (SSSR count). The Morgan fingerprint density at radius 1 is 1.05 bits per heavy atom. The molecule has 0 saturated carbocycles. The smallest absolute Gasteiger partial charge is 0.231 e. The number of aromatic nitrogens is 3. The molecule has 0 aliphatic heterocycles. The van der Waals surface area contributed by atoms with Crippen molar-refractivity contribution in [2.24, 2.45) is 0 Å². The minimum absolute atomic E-state index is 0.276. The van der Waals surface area contributed by atoms with E-state index in [1.165, 1.54) is 0 Å². The van der Waals surface area contributed by atoms with Crippen molar-refractivity contribution >= 4 is 17.8 Å². The normalized spacial score (nSPS) is 10.2. The van der Waals surface area contributed by atoms with E-state index in [0.29, 0.717) is 24.4 Å². The quantitative estimate of drug-likeness (QED) is 0.739. The maximum Gasteiger partial charge on any atom is 0.231 e. The van der Waals surface area contributed by atoms with E-state index in [4.69, 9.17) is 0 Å². The van der Waals surface area contributed by atoms with E-state index in [1.54, 1.807) is 19.2 Å². The summed E-state index contributed by atoms with van der Waals surface area (Å²) < 4.78 is 0. The molecule has 21 heavy (non-hydrogen) atoms. The van der Waals surface area contributed by atoms with Crippen molar-refractivity contribution in [3.63, 3.8) is 0 Å². The van der Waals surface area contributed by atoms with Crippen LogP contribution in [-0.4, -0.2) is 47.7 Å². The van der Waals surface area contributed by atoms with Crippen LogP contribution in [0.15, 0.2) is 24.3 Å². The first kappa shape index (κ1) is 14.8. The second kappa shape index (κ2) is 6.74. The zero-order valence-electron chi connectivity index (χ0n) is 12.5. The largest absolute Gasteiger partial charge is 0.508 e. The Bertz CT molecular complexity index is 585. The van der Waals surface area contributed by atoms with Crippen LogP contribution in [0.25, 0.3) is 0 Å². The van der Waals surface area contributed by atoms with Gasteiger partial charge in [-0.05, 0) is 24.1 Å². The lowest BCUT2D eigenvalue weighted by molar-refractivity contribution is 0.475. The number of phenols is 1. The van der Waals surface area contributed by atoms with Crippen molar-refractivity contribution in [2.75, 3.05) is 43.2 Å². The van der Waals surface area contributed by atoms with Crippen LogP contribution in [0.2, 0.25) is 0 Å². The first-order valence-corrected chi connectivity index (χ1v) is 6.71. The maximum absolute atomic E-state index is 9.25. The SMILES string of the molecule is CNc1nc(NCCc2ccc(O)cc2)nc(N(C)C)n1. The highest BCUT2D eigenvalue weighted by Crippen LogP contribution is 2.12. The van der Waals surface area contributed by atoms with Crippen molar-refractivity contribution in [1.29, 1.82) is 0 Å². The van der Waals surface area contributed by atoms with Gasteiger partial charge in [0.15, 0.2) is 0 Å². The summed E-state index contributed by atoms with van der Waals surface area (Å²) in [6.45, 7) is 0.699. The molecule has 0 spiro atoms. The Balaban J connectivity index is 1.99. The lowest BCUT2D eigenvalue weighted by Crippen LogP contribution is -2.17. The standard InChI is InChI=1S/C14H20N6O/c1-15-12-17-13(19-14(18-12)20(2)3)16-9-8-10-4-6-11(21)7-5-10/h4-7,21H,8-9H2,1-3H3,(H2,15,16,17,18,19). The number of phenolic OH excluding ortho intramolecular Hbond substituents is 1. The van der Waals surface area contributed by atoms with E-state index in [-0.39, 0.29) is 5.75 Å². The van der Waals surface area contributed by atoms with Crippen LogP contribution >= 0.6 is 0 Å². The molecule has 2 aromatic rings. The van der Waals surface area contributed by atoms with Gasteiger partial charge in [0.1, 0.15) is 5.75 Å². The highest BCUT2D eigenvalue weighted by molar-refractivity contribution is 5.42. The number of nitrogens with one attached hydrogen (secondary N) is 2. The second-order valence-electron chi connectivity index (χ2n) is 4.77. The van der Waals surface area contributed by atoms with Gasteiger partial charge < -0.3 is 20.6 Å². The number of hydrogen-bond donors (Lipinski definition) is 3. The molecule has 0 bridgehead atoms. The highest BCUT2D eigenvalue weighted by atomic mass is 16.3. The fourth-order valence-corrected chi connectivity index (χ4v) is 1.74. The first-order valence-electron chi connectivity index (χ1n) is 6.71. The van der Waals surface area contributed by atoms with Crippen LogP contribution in [0.5, 0.6) is 5.75 Å². The van der Waals surface area contributed by atoms with Crippen LogP contribution in [0.4, 0.5) is 17.8 Å². The molecule has 7 nitrogen and oxygen atoms in total. The van der Waals surface area contributed by atoms with E-state index in [2.05, 4.69) is 25.6 Å². The molecule has 0 amide bonds. The van der Waals surface area contributed by atoms with Crippen molar-refractivity contribution in [2.45, 2.75) is 6.42 Å². The molecule has 0 radical (unpaired) electrons. The van der Waals surface area contributed by atoms with Gasteiger partial charge in [-0.1, -0.05) is 12.1 Å². The molecule has 1 aromatic carbocycles. The summed E-state index contributed by atoms with van der Waals surface area (Å²) in [5, 5.41) is 15.4. The zero-order chi connectivity index (χ0) is 15.2. The third kappa shape index (κ3) is 4.20. The lowest BCUT2D eigenvalue weighted by atomic mass is 10.1. The van der Waals surface area contributed by atoms with E-state index in [9.17, 15) is 5.11 Å². The average molecular weight is 288 g/mol. The molecule has 7 heteroatoms. The van der Waals surface area contributed by atoms with Gasteiger partial charge in [0.05, 0.1) is 0 Å². The monoisotopic (exact) mass is 288 g/mol. The third-order valence-corrected chi connectivity index (χ3v) is 2.88. The number of nitrogens with zero attached hydrogens (tertiary/aromatic N) is 4. The number of rotatable bonds is 6. The number of benzene rings is 1. The van der Waals surface area contributed by atoms with Gasteiger partial charge >= 0.3 is 0 Å². The van der Waals surface area contributed by atoms with E-state index >= 15 is 0 Å². The molecule has 0 unspecified atom stereocenters. The van der Waals surface area contributed by atoms with Gasteiger partial charge in [-0.2, -0.15) is 15.0 Å². The lowest BCUT2D eigenvalue weighted by Gasteiger charge is -2.13. The Morgan fingerprint density at radius 3 is 2.33 bits per heavy atom. The van der Waals surface area contributed by atoms with Crippen LogP contribution in [0, 0.1) is 0 Å². The predicted molar refractivity (Wildman–Crippen MR) is 84.0 cm³/mol. The Morgan fingerprint density at radius 2 is 1.71 bits per heavy atom. The summed E-state index contributed by atoms with van der Waals surface area (Å²) >= 11 is 0. The summed E-state index contributed by atoms with van der Waals surface area (Å²) in [5.41, 5.74) is 1.14. The number of anilines is 3. The van der Waals surface area contributed by atoms with Crippen molar-refractivity contribution in [1.82, 2.24) is 15.0 Å². The Labute approximate surface area is 124 Å². The number of hydrogen-bond acceptors (Lipinski definition) is 7. The summed E-state index contributed by atoms with van der Waals surface area (Å²) in [4.78, 5) is 14.7. The van der Waals surface area contributed by atoms with Crippen LogP contribution in [0.3, 0.4) is 0 Å².